The molecule has 1 aliphatic rings. The van der Waals surface area contributed by atoms with Crippen molar-refractivity contribution >= 4 is 17.6 Å². The van der Waals surface area contributed by atoms with Crippen LogP contribution in [-0.2, 0) is 4.79 Å². The number of likely N-dealkylation sites (tertiary alicyclic amines) is 1. The minimum atomic E-state index is -0.748. The lowest BCUT2D eigenvalue weighted by atomic mass is 9.95. The third-order valence-electron chi connectivity index (χ3n) is 4.47. The molecule has 3 rings (SSSR count). The van der Waals surface area contributed by atoms with Crippen LogP contribution in [-0.4, -0.2) is 28.6 Å². The second-order valence-electron chi connectivity index (χ2n) is 6.10. The smallest absolute Gasteiger partial charge is 0.320 e. The molecule has 1 fully saturated rings. The van der Waals surface area contributed by atoms with Crippen LogP contribution in [0.4, 0.5) is 0 Å². The van der Waals surface area contributed by atoms with Crippen molar-refractivity contribution in [2.24, 2.45) is 0 Å². The molecule has 0 aromatic heterocycles. The van der Waals surface area contributed by atoms with Gasteiger partial charge in [-0.2, -0.15) is 0 Å². The molecule has 0 radical (unpaired) electrons. The van der Waals surface area contributed by atoms with Gasteiger partial charge in [0.2, 0.25) is 0 Å². The topological polar surface area (TPSA) is 40.5 Å². The van der Waals surface area contributed by atoms with Crippen LogP contribution in [0.3, 0.4) is 0 Å². The van der Waals surface area contributed by atoms with Crippen LogP contribution >= 0.6 is 11.6 Å². The predicted molar refractivity (Wildman–Crippen MR) is 91.8 cm³/mol. The SMILES string of the molecule is Cc1ccc(C(c2cccc(Cl)c2)N2CCCC2C(=O)O)cc1. The second-order valence-corrected chi connectivity index (χ2v) is 6.54. The van der Waals surface area contributed by atoms with Gasteiger partial charge in [0.1, 0.15) is 6.04 Å². The van der Waals surface area contributed by atoms with Crippen LogP contribution < -0.4 is 0 Å². The molecular formula is C19H20ClNO2. The monoisotopic (exact) mass is 329 g/mol. The van der Waals surface area contributed by atoms with Crippen LogP contribution in [0.2, 0.25) is 5.02 Å². The van der Waals surface area contributed by atoms with E-state index in [0.717, 1.165) is 24.1 Å². The van der Waals surface area contributed by atoms with E-state index < -0.39 is 12.0 Å². The van der Waals surface area contributed by atoms with Crippen molar-refractivity contribution in [2.75, 3.05) is 6.54 Å². The maximum Gasteiger partial charge on any atom is 0.320 e. The first kappa shape index (κ1) is 16.0. The average molecular weight is 330 g/mol. The van der Waals surface area contributed by atoms with E-state index in [4.69, 9.17) is 11.6 Å². The highest BCUT2D eigenvalue weighted by Crippen LogP contribution is 2.35. The van der Waals surface area contributed by atoms with Gasteiger partial charge in [-0.05, 0) is 43.0 Å². The van der Waals surface area contributed by atoms with Crippen LogP contribution in [0.5, 0.6) is 0 Å². The van der Waals surface area contributed by atoms with Gasteiger partial charge < -0.3 is 5.11 Å². The molecule has 2 unspecified atom stereocenters. The van der Waals surface area contributed by atoms with Gasteiger partial charge in [-0.1, -0.05) is 53.6 Å². The first-order valence-electron chi connectivity index (χ1n) is 7.87. The molecule has 120 valence electrons. The summed E-state index contributed by atoms with van der Waals surface area (Å²) in [5.74, 6) is -0.748. The number of carboxylic acids is 1. The van der Waals surface area contributed by atoms with E-state index in [0.29, 0.717) is 11.4 Å². The fourth-order valence-electron chi connectivity index (χ4n) is 3.36. The average Bonchev–Trinajstić information content (AvgIpc) is 2.99. The number of aliphatic carboxylic acids is 1. The molecule has 2 atom stereocenters. The lowest BCUT2D eigenvalue weighted by Gasteiger charge is -2.32. The molecule has 1 heterocycles. The number of aryl methyl sites for hydroxylation is 1. The zero-order chi connectivity index (χ0) is 16.4. The van der Waals surface area contributed by atoms with Gasteiger partial charge in [0.15, 0.2) is 0 Å². The van der Waals surface area contributed by atoms with Gasteiger partial charge in [0, 0.05) is 11.6 Å². The Labute approximate surface area is 141 Å². The van der Waals surface area contributed by atoms with Crippen LogP contribution in [0.15, 0.2) is 48.5 Å². The van der Waals surface area contributed by atoms with Crippen molar-refractivity contribution in [3.63, 3.8) is 0 Å². The molecule has 1 saturated heterocycles. The first-order valence-corrected chi connectivity index (χ1v) is 8.24. The quantitative estimate of drug-likeness (QED) is 0.909. The normalized spacial score (nSPS) is 19.7. The minimum absolute atomic E-state index is 0.0853. The maximum atomic E-state index is 11.6. The van der Waals surface area contributed by atoms with Gasteiger partial charge in [-0.25, -0.2) is 0 Å². The number of nitrogens with zero attached hydrogens (tertiary/aromatic N) is 1. The number of hydrogen-bond acceptors (Lipinski definition) is 2. The largest absolute Gasteiger partial charge is 0.480 e. The Balaban J connectivity index is 2.06. The standard InChI is InChI=1S/C19H20ClNO2/c1-13-7-9-14(10-8-13)18(15-4-2-5-16(20)12-15)21-11-3-6-17(21)19(22)23/h2,4-5,7-10,12,17-18H,3,6,11H2,1H3,(H,22,23). The van der Waals surface area contributed by atoms with Crippen LogP contribution in [0, 0.1) is 6.92 Å². The van der Waals surface area contributed by atoms with Gasteiger partial charge in [-0.15, -0.1) is 0 Å². The Kier molecular flexibility index (Phi) is 4.69. The van der Waals surface area contributed by atoms with Gasteiger partial charge in [-0.3, -0.25) is 9.69 Å². The lowest BCUT2D eigenvalue weighted by molar-refractivity contribution is -0.142. The minimum Gasteiger partial charge on any atom is -0.480 e. The highest BCUT2D eigenvalue weighted by Gasteiger charge is 2.36. The fourth-order valence-corrected chi connectivity index (χ4v) is 3.56. The predicted octanol–water partition coefficient (Wildman–Crippen LogP) is 4.29. The molecule has 0 amide bonds. The Morgan fingerprint density at radius 3 is 2.61 bits per heavy atom. The Morgan fingerprint density at radius 1 is 1.22 bits per heavy atom. The summed E-state index contributed by atoms with van der Waals surface area (Å²) in [7, 11) is 0. The summed E-state index contributed by atoms with van der Waals surface area (Å²) >= 11 is 6.17. The first-order chi connectivity index (χ1) is 11.1. The van der Waals surface area contributed by atoms with E-state index in [1.165, 1.54) is 5.56 Å². The summed E-state index contributed by atoms with van der Waals surface area (Å²) in [6, 6.07) is 15.5. The van der Waals surface area contributed by atoms with Crippen molar-refractivity contribution in [3.05, 3.63) is 70.2 Å². The second kappa shape index (κ2) is 6.73. The molecule has 3 nitrogen and oxygen atoms in total. The number of halogens is 1. The molecular weight excluding hydrogens is 310 g/mol. The zero-order valence-corrected chi connectivity index (χ0v) is 13.8. The van der Waals surface area contributed by atoms with E-state index in [-0.39, 0.29) is 6.04 Å². The van der Waals surface area contributed by atoms with Crippen molar-refractivity contribution in [1.29, 1.82) is 0 Å². The molecule has 0 aliphatic carbocycles. The van der Waals surface area contributed by atoms with Crippen molar-refractivity contribution in [1.82, 2.24) is 4.90 Å². The molecule has 2 aromatic carbocycles. The number of rotatable bonds is 4. The third-order valence-corrected chi connectivity index (χ3v) is 4.70. The lowest BCUT2D eigenvalue weighted by Crippen LogP contribution is -2.39. The summed E-state index contributed by atoms with van der Waals surface area (Å²) < 4.78 is 0. The molecule has 2 aromatic rings. The van der Waals surface area contributed by atoms with Crippen LogP contribution in [0.1, 0.15) is 35.6 Å². The molecule has 0 spiro atoms. The maximum absolute atomic E-state index is 11.6. The van der Waals surface area contributed by atoms with Crippen molar-refractivity contribution in [2.45, 2.75) is 31.8 Å². The zero-order valence-electron chi connectivity index (χ0n) is 13.1. The number of carboxylic acid groups (broad SMARTS) is 1. The summed E-state index contributed by atoms with van der Waals surface area (Å²) in [6.45, 7) is 2.83. The van der Waals surface area contributed by atoms with E-state index in [1.54, 1.807) is 0 Å². The highest BCUT2D eigenvalue weighted by atomic mass is 35.5. The van der Waals surface area contributed by atoms with Gasteiger partial charge >= 0.3 is 5.97 Å². The number of benzene rings is 2. The molecule has 1 aliphatic heterocycles. The summed E-state index contributed by atoms with van der Waals surface area (Å²) in [4.78, 5) is 13.7. The Morgan fingerprint density at radius 2 is 1.96 bits per heavy atom. The van der Waals surface area contributed by atoms with Gasteiger partial charge in [0.05, 0.1) is 6.04 Å². The van der Waals surface area contributed by atoms with E-state index in [9.17, 15) is 9.90 Å². The Bertz CT molecular complexity index is 699. The molecule has 1 N–H and O–H groups in total. The summed E-state index contributed by atoms with van der Waals surface area (Å²) in [6.07, 6.45) is 1.60. The van der Waals surface area contributed by atoms with E-state index >= 15 is 0 Å². The summed E-state index contributed by atoms with van der Waals surface area (Å²) in [5.41, 5.74) is 3.33. The summed E-state index contributed by atoms with van der Waals surface area (Å²) in [5, 5.41) is 10.2. The third kappa shape index (κ3) is 3.41. The fraction of sp³-hybridized carbons (Fsp3) is 0.316. The number of hydrogen-bond donors (Lipinski definition) is 1. The van der Waals surface area contributed by atoms with Crippen LogP contribution in [0.25, 0.3) is 0 Å². The highest BCUT2D eigenvalue weighted by molar-refractivity contribution is 6.30. The van der Waals surface area contributed by atoms with E-state index in [1.807, 2.05) is 31.2 Å². The molecule has 23 heavy (non-hydrogen) atoms. The molecule has 0 bridgehead atoms. The van der Waals surface area contributed by atoms with Crippen molar-refractivity contribution < 1.29 is 9.90 Å². The van der Waals surface area contributed by atoms with E-state index in [2.05, 4.69) is 29.2 Å². The van der Waals surface area contributed by atoms with Crippen molar-refractivity contribution in [3.8, 4) is 0 Å². The number of carbonyl (C=O) groups is 1. The molecule has 4 heteroatoms. The Hall–Kier alpha value is -1.84. The molecule has 0 saturated carbocycles. The van der Waals surface area contributed by atoms with Gasteiger partial charge in [0.25, 0.3) is 0 Å².